The monoisotopic (exact) mass is 240 g/mol. The van der Waals surface area contributed by atoms with Gasteiger partial charge in [-0.2, -0.15) is 0 Å². The van der Waals surface area contributed by atoms with E-state index < -0.39 is 13.5 Å². The minimum absolute atomic E-state index is 1.05. The zero-order valence-electron chi connectivity index (χ0n) is 4.60. The molecule has 0 heterocycles. The van der Waals surface area contributed by atoms with Crippen LogP contribution in [0.1, 0.15) is 19.8 Å². The summed E-state index contributed by atoms with van der Waals surface area (Å²) in [5, 5.41) is 0. The van der Waals surface area contributed by atoms with E-state index in [1.807, 2.05) is 6.08 Å². The van der Waals surface area contributed by atoms with E-state index in [-0.39, 0.29) is 0 Å². The van der Waals surface area contributed by atoms with Crippen molar-refractivity contribution in [1.29, 1.82) is 0 Å². The maximum absolute atomic E-state index is 5.48. The normalized spacial score (nSPS) is 10.1. The third kappa shape index (κ3) is 6.85. The topological polar surface area (TPSA) is 0 Å². The molecule has 0 aromatic carbocycles. The summed E-state index contributed by atoms with van der Waals surface area (Å²) in [4.78, 5) is 0. The quantitative estimate of drug-likeness (QED) is 0.651. The van der Waals surface area contributed by atoms with E-state index in [9.17, 15) is 0 Å². The van der Waals surface area contributed by atoms with Crippen LogP contribution < -0.4 is 0 Å². The number of hydrogen-bond acceptors (Lipinski definition) is 0. The van der Waals surface area contributed by atoms with Gasteiger partial charge >= 0.3 is 63.0 Å². The van der Waals surface area contributed by atoms with Gasteiger partial charge in [0, 0.05) is 0 Å². The van der Waals surface area contributed by atoms with Crippen molar-refractivity contribution in [1.82, 2.24) is 0 Å². The van der Waals surface area contributed by atoms with Gasteiger partial charge in [0.1, 0.15) is 0 Å². The van der Waals surface area contributed by atoms with E-state index in [0.717, 1.165) is 12.8 Å². The maximum atomic E-state index is 5.48. The number of unbranched alkanes of at least 4 members (excludes halogenated alkanes) is 1. The van der Waals surface area contributed by atoms with Gasteiger partial charge in [0.25, 0.3) is 0 Å². The Morgan fingerprint density at radius 2 is 2.25 bits per heavy atom. The van der Waals surface area contributed by atoms with E-state index in [4.69, 9.17) is 19.4 Å². The van der Waals surface area contributed by atoms with Crippen molar-refractivity contribution in [3.63, 3.8) is 0 Å². The summed E-state index contributed by atoms with van der Waals surface area (Å²) in [6.07, 6.45) is 4.12. The number of halogens is 2. The summed E-state index contributed by atoms with van der Waals surface area (Å²) in [7, 11) is 11.0. The average Bonchev–Trinajstić information content (AvgIpc) is 1.66. The molecule has 0 nitrogen and oxygen atoms in total. The van der Waals surface area contributed by atoms with Gasteiger partial charge in [-0.25, -0.2) is 0 Å². The second-order valence-corrected chi connectivity index (χ2v) is 6.66. The van der Waals surface area contributed by atoms with Crippen LogP contribution in [-0.4, -0.2) is 4.26 Å². The first-order valence-electron chi connectivity index (χ1n) is 2.35. The van der Waals surface area contributed by atoms with Crippen LogP contribution in [0, 0.1) is 0 Å². The van der Waals surface area contributed by atoms with Gasteiger partial charge < -0.3 is 0 Å². The molecule has 8 heavy (non-hydrogen) atoms. The number of allylic oxidation sites excluding steroid dienone is 1. The average molecular weight is 240 g/mol. The summed E-state index contributed by atoms with van der Waals surface area (Å²) in [5.74, 6) is 0. The zero-order valence-corrected chi connectivity index (χ0v) is 7.85. The molecule has 0 aromatic heterocycles. The van der Waals surface area contributed by atoms with Gasteiger partial charge in [-0.05, 0) is 0 Å². The predicted octanol–water partition coefficient (Wildman–Crippen LogP) is 2.67. The van der Waals surface area contributed by atoms with Crippen molar-refractivity contribution >= 4 is 23.6 Å². The van der Waals surface area contributed by atoms with E-state index in [2.05, 4.69) is 11.2 Å². The molecule has 0 aromatic rings. The van der Waals surface area contributed by atoms with Crippen molar-refractivity contribution in [2.24, 2.45) is 0 Å². The third-order valence-electron chi connectivity index (χ3n) is 0.582. The van der Waals surface area contributed by atoms with Crippen LogP contribution in [0.3, 0.4) is 0 Å². The molecule has 0 aliphatic rings. The van der Waals surface area contributed by atoms with Crippen LogP contribution in [0.15, 0.2) is 6.08 Å². The second kappa shape index (κ2) is 5.98. The Kier molecular flexibility index (Phi) is 6.62. The van der Waals surface area contributed by atoms with E-state index in [1.54, 1.807) is 0 Å². The van der Waals surface area contributed by atoms with Crippen molar-refractivity contribution < 1.29 is 13.5 Å². The molecular formula is C5H8Cl2Ru. The Balaban J connectivity index is 3.48. The Hall–Kier alpha value is 0.853. The van der Waals surface area contributed by atoms with Crippen LogP contribution in [0.4, 0.5) is 0 Å². The molecule has 0 N–H and O–H groups in total. The van der Waals surface area contributed by atoms with Crippen molar-refractivity contribution in [3.05, 3.63) is 6.08 Å². The Bertz CT molecular complexity index is 110. The van der Waals surface area contributed by atoms with Crippen LogP contribution in [0.2, 0.25) is 0 Å². The molecule has 0 amide bonds. The molecule has 0 aliphatic carbocycles. The van der Waals surface area contributed by atoms with Gasteiger partial charge in [0.2, 0.25) is 0 Å². The molecule has 0 atom stereocenters. The van der Waals surface area contributed by atoms with Crippen molar-refractivity contribution in [2.75, 3.05) is 0 Å². The fourth-order valence-corrected chi connectivity index (χ4v) is 1.41. The SMILES string of the molecule is CCCC=[C]=[Ru]([Cl])[Cl]. The fraction of sp³-hybridized carbons (Fsp3) is 0.600. The first kappa shape index (κ1) is 8.85. The van der Waals surface area contributed by atoms with Crippen LogP contribution in [0.25, 0.3) is 0 Å². The second-order valence-electron chi connectivity index (χ2n) is 1.28. The molecule has 0 bridgehead atoms. The van der Waals surface area contributed by atoms with Crippen molar-refractivity contribution in [2.45, 2.75) is 19.8 Å². The molecule has 0 fully saturated rings. The summed E-state index contributed by atoms with van der Waals surface area (Å²) in [6, 6.07) is 0. The molecule has 3 heteroatoms. The summed E-state index contributed by atoms with van der Waals surface area (Å²) >= 11 is -1.60. The summed E-state index contributed by atoms with van der Waals surface area (Å²) < 4.78 is 2.90. The molecule has 0 unspecified atom stereocenters. The molecule has 0 saturated heterocycles. The first-order valence-corrected chi connectivity index (χ1v) is 7.69. The summed E-state index contributed by atoms with van der Waals surface area (Å²) in [6.45, 7) is 2.11. The standard InChI is InChI=1S/C5H8.2ClH.Ru/c1-3-5-4-2;;;/h4H,3,5H2,1H3;2*1H;/q;;;+2/p-2. The fourth-order valence-electron chi connectivity index (χ4n) is 0.250. The molecule has 50 valence electrons. The predicted molar refractivity (Wildman–Crippen MR) is 36.2 cm³/mol. The molecule has 0 spiro atoms. The van der Waals surface area contributed by atoms with Crippen molar-refractivity contribution in [3.8, 4) is 0 Å². The third-order valence-corrected chi connectivity index (χ3v) is 2.23. The van der Waals surface area contributed by atoms with Gasteiger partial charge in [0.05, 0.1) is 0 Å². The number of rotatable bonds is 2. The Morgan fingerprint density at radius 1 is 1.62 bits per heavy atom. The van der Waals surface area contributed by atoms with Gasteiger partial charge in [0.15, 0.2) is 0 Å². The van der Waals surface area contributed by atoms with Gasteiger partial charge in [-0.15, -0.1) is 0 Å². The minimum atomic E-state index is -1.60. The number of hydrogen-bond donors (Lipinski definition) is 0. The van der Waals surface area contributed by atoms with E-state index in [1.165, 1.54) is 0 Å². The van der Waals surface area contributed by atoms with Crippen LogP contribution >= 0.6 is 19.4 Å². The molecule has 0 radical (unpaired) electrons. The van der Waals surface area contributed by atoms with Crippen LogP contribution in [0.5, 0.6) is 0 Å². The summed E-state index contributed by atoms with van der Waals surface area (Å²) in [5.41, 5.74) is 0. The molecule has 0 aliphatic heterocycles. The van der Waals surface area contributed by atoms with Gasteiger partial charge in [-0.1, -0.05) is 0 Å². The molecule has 0 saturated carbocycles. The molecular weight excluding hydrogens is 232 g/mol. The molecule has 0 rings (SSSR count). The zero-order chi connectivity index (χ0) is 6.41. The Morgan fingerprint density at radius 3 is 2.62 bits per heavy atom. The van der Waals surface area contributed by atoms with Crippen LogP contribution in [-0.2, 0) is 13.5 Å². The Labute approximate surface area is 63.0 Å². The van der Waals surface area contributed by atoms with Gasteiger partial charge in [-0.3, -0.25) is 0 Å². The first-order chi connectivity index (χ1) is 3.77. The van der Waals surface area contributed by atoms with E-state index >= 15 is 0 Å². The van der Waals surface area contributed by atoms with E-state index in [0.29, 0.717) is 0 Å².